The van der Waals surface area contributed by atoms with Crippen LogP contribution >= 0.6 is 0 Å². The van der Waals surface area contributed by atoms with Crippen LogP contribution in [0.2, 0.25) is 0 Å². The highest BCUT2D eigenvalue weighted by Gasteiger charge is 2.17. The van der Waals surface area contributed by atoms with Gasteiger partial charge in [0.15, 0.2) is 0 Å². The van der Waals surface area contributed by atoms with Crippen LogP contribution in [-0.2, 0) is 17.7 Å². The number of aryl methyl sites for hydroxylation is 1. The predicted octanol–water partition coefficient (Wildman–Crippen LogP) is 3.17. The number of ether oxygens (including phenoxy) is 1. The van der Waals surface area contributed by atoms with Gasteiger partial charge >= 0.3 is 0 Å². The van der Waals surface area contributed by atoms with E-state index in [9.17, 15) is 0 Å². The molecule has 0 spiro atoms. The second-order valence-electron chi connectivity index (χ2n) is 4.97. The van der Waals surface area contributed by atoms with Crippen molar-refractivity contribution in [3.8, 4) is 0 Å². The number of aromatic nitrogens is 2. The van der Waals surface area contributed by atoms with Gasteiger partial charge in [-0.25, -0.2) is 4.98 Å². The van der Waals surface area contributed by atoms with Gasteiger partial charge in [0.1, 0.15) is 5.82 Å². The van der Waals surface area contributed by atoms with Crippen LogP contribution in [0.15, 0.2) is 24.3 Å². The summed E-state index contributed by atoms with van der Waals surface area (Å²) in [4.78, 5) is 4.70. The maximum atomic E-state index is 5.85. The molecule has 0 amide bonds. The second-order valence-corrected chi connectivity index (χ2v) is 4.97. The fourth-order valence-electron chi connectivity index (χ4n) is 2.75. The predicted molar refractivity (Wildman–Crippen MR) is 72.7 cm³/mol. The third-order valence-electron chi connectivity index (χ3n) is 3.71. The first-order chi connectivity index (χ1) is 8.88. The first kappa shape index (κ1) is 11.7. The molecule has 3 heteroatoms. The Labute approximate surface area is 108 Å². The number of para-hydroxylation sites is 2. The Morgan fingerprint density at radius 3 is 3.00 bits per heavy atom. The van der Waals surface area contributed by atoms with Gasteiger partial charge in [0, 0.05) is 13.0 Å². The minimum atomic E-state index is 0.363. The summed E-state index contributed by atoms with van der Waals surface area (Å²) in [5, 5.41) is 0. The Morgan fingerprint density at radius 2 is 2.22 bits per heavy atom. The van der Waals surface area contributed by atoms with Crippen molar-refractivity contribution in [1.82, 2.24) is 9.55 Å². The molecule has 1 aliphatic heterocycles. The summed E-state index contributed by atoms with van der Waals surface area (Å²) in [7, 11) is 0. The molecule has 1 unspecified atom stereocenters. The summed E-state index contributed by atoms with van der Waals surface area (Å²) in [6.45, 7) is 4.03. The van der Waals surface area contributed by atoms with Crippen LogP contribution < -0.4 is 0 Å². The lowest BCUT2D eigenvalue weighted by atomic mass is 10.1. The van der Waals surface area contributed by atoms with E-state index in [1.807, 2.05) is 0 Å². The third kappa shape index (κ3) is 2.15. The normalized spacial score (nSPS) is 20.4. The molecule has 0 saturated carbocycles. The molecule has 2 aromatic rings. The van der Waals surface area contributed by atoms with Gasteiger partial charge in [-0.3, -0.25) is 0 Å². The van der Waals surface area contributed by atoms with Crippen LogP contribution in [0.5, 0.6) is 0 Å². The van der Waals surface area contributed by atoms with Crippen LogP contribution in [-0.4, -0.2) is 22.3 Å². The van der Waals surface area contributed by atoms with Crippen molar-refractivity contribution in [3.63, 3.8) is 0 Å². The van der Waals surface area contributed by atoms with Crippen LogP contribution in [0.1, 0.15) is 32.0 Å². The standard InChI is InChI=1S/C15H20N2O/c1-2-15-16-13-8-3-4-9-14(13)17(15)11-12-7-5-6-10-18-12/h3-4,8-9,12H,2,5-7,10-11H2,1H3. The van der Waals surface area contributed by atoms with Crippen molar-refractivity contribution in [2.24, 2.45) is 0 Å². The fraction of sp³-hybridized carbons (Fsp3) is 0.533. The van der Waals surface area contributed by atoms with Crippen molar-refractivity contribution in [2.75, 3.05) is 6.61 Å². The number of hydrogen-bond acceptors (Lipinski definition) is 2. The average Bonchev–Trinajstić information content (AvgIpc) is 2.78. The SMILES string of the molecule is CCc1nc2ccccc2n1CC1CCCCO1. The number of rotatable bonds is 3. The highest BCUT2D eigenvalue weighted by Crippen LogP contribution is 2.20. The van der Waals surface area contributed by atoms with Crippen LogP contribution in [0.25, 0.3) is 11.0 Å². The Balaban J connectivity index is 1.93. The summed E-state index contributed by atoms with van der Waals surface area (Å²) < 4.78 is 8.19. The van der Waals surface area contributed by atoms with Crippen molar-refractivity contribution in [3.05, 3.63) is 30.1 Å². The molecule has 2 heterocycles. The highest BCUT2D eigenvalue weighted by atomic mass is 16.5. The molecule has 0 aliphatic carbocycles. The lowest BCUT2D eigenvalue weighted by Gasteiger charge is -2.24. The molecule has 1 saturated heterocycles. The van der Waals surface area contributed by atoms with E-state index in [4.69, 9.17) is 9.72 Å². The minimum absolute atomic E-state index is 0.363. The van der Waals surface area contributed by atoms with Crippen LogP contribution in [0.4, 0.5) is 0 Å². The van der Waals surface area contributed by atoms with E-state index in [-0.39, 0.29) is 0 Å². The number of imidazole rings is 1. The smallest absolute Gasteiger partial charge is 0.109 e. The first-order valence-electron chi connectivity index (χ1n) is 6.94. The molecule has 1 atom stereocenters. The average molecular weight is 244 g/mol. The van der Waals surface area contributed by atoms with Crippen LogP contribution in [0, 0.1) is 0 Å². The van der Waals surface area contributed by atoms with Gasteiger partial charge in [-0.15, -0.1) is 0 Å². The molecule has 3 rings (SSSR count). The minimum Gasteiger partial charge on any atom is -0.376 e. The largest absolute Gasteiger partial charge is 0.376 e. The van der Waals surface area contributed by atoms with Crippen molar-refractivity contribution in [2.45, 2.75) is 45.3 Å². The lowest BCUT2D eigenvalue weighted by Crippen LogP contribution is -2.25. The van der Waals surface area contributed by atoms with Gasteiger partial charge in [-0.2, -0.15) is 0 Å². The molecular formula is C15H20N2O. The van der Waals surface area contributed by atoms with Gasteiger partial charge in [0.05, 0.1) is 23.7 Å². The zero-order chi connectivity index (χ0) is 12.4. The van der Waals surface area contributed by atoms with E-state index >= 15 is 0 Å². The maximum Gasteiger partial charge on any atom is 0.109 e. The molecule has 0 radical (unpaired) electrons. The summed E-state index contributed by atoms with van der Waals surface area (Å²) in [6, 6.07) is 8.38. The third-order valence-corrected chi connectivity index (χ3v) is 3.71. The van der Waals surface area contributed by atoms with E-state index in [2.05, 4.69) is 35.8 Å². The quantitative estimate of drug-likeness (QED) is 0.829. The molecule has 3 nitrogen and oxygen atoms in total. The molecule has 96 valence electrons. The monoisotopic (exact) mass is 244 g/mol. The van der Waals surface area contributed by atoms with Crippen molar-refractivity contribution >= 4 is 11.0 Å². The molecule has 1 fully saturated rings. The van der Waals surface area contributed by atoms with E-state index in [1.165, 1.54) is 30.6 Å². The van der Waals surface area contributed by atoms with E-state index < -0.39 is 0 Å². The molecule has 18 heavy (non-hydrogen) atoms. The van der Waals surface area contributed by atoms with E-state index in [0.29, 0.717) is 6.10 Å². The highest BCUT2D eigenvalue weighted by molar-refractivity contribution is 5.75. The number of hydrogen-bond donors (Lipinski definition) is 0. The van der Waals surface area contributed by atoms with Crippen molar-refractivity contribution in [1.29, 1.82) is 0 Å². The molecule has 0 N–H and O–H groups in total. The Bertz CT molecular complexity index is 526. The van der Waals surface area contributed by atoms with Gasteiger partial charge < -0.3 is 9.30 Å². The number of fused-ring (bicyclic) bond motifs is 1. The van der Waals surface area contributed by atoms with Gasteiger partial charge in [0.25, 0.3) is 0 Å². The Hall–Kier alpha value is -1.35. The maximum absolute atomic E-state index is 5.85. The first-order valence-corrected chi connectivity index (χ1v) is 6.94. The summed E-state index contributed by atoms with van der Waals surface area (Å²) in [6.07, 6.45) is 5.01. The zero-order valence-electron chi connectivity index (χ0n) is 10.9. The number of nitrogens with zero attached hydrogens (tertiary/aromatic N) is 2. The molecule has 0 bridgehead atoms. The summed E-state index contributed by atoms with van der Waals surface area (Å²) >= 11 is 0. The Kier molecular flexibility index (Phi) is 3.33. The van der Waals surface area contributed by atoms with Gasteiger partial charge in [-0.05, 0) is 31.4 Å². The Morgan fingerprint density at radius 1 is 1.33 bits per heavy atom. The summed E-state index contributed by atoms with van der Waals surface area (Å²) in [5.41, 5.74) is 2.34. The van der Waals surface area contributed by atoms with E-state index in [0.717, 1.165) is 25.1 Å². The van der Waals surface area contributed by atoms with Gasteiger partial charge in [0.2, 0.25) is 0 Å². The molecular weight excluding hydrogens is 224 g/mol. The topological polar surface area (TPSA) is 27.1 Å². The second kappa shape index (κ2) is 5.11. The van der Waals surface area contributed by atoms with E-state index in [1.54, 1.807) is 0 Å². The lowest BCUT2D eigenvalue weighted by molar-refractivity contribution is 0.00621. The van der Waals surface area contributed by atoms with Crippen molar-refractivity contribution < 1.29 is 4.74 Å². The molecule has 1 aliphatic rings. The van der Waals surface area contributed by atoms with Crippen LogP contribution in [0.3, 0.4) is 0 Å². The zero-order valence-corrected chi connectivity index (χ0v) is 10.9. The molecule has 1 aromatic carbocycles. The number of benzene rings is 1. The summed E-state index contributed by atoms with van der Waals surface area (Å²) in [5.74, 6) is 1.17. The molecule has 1 aromatic heterocycles. The van der Waals surface area contributed by atoms with Gasteiger partial charge in [-0.1, -0.05) is 19.1 Å². The fourth-order valence-corrected chi connectivity index (χ4v) is 2.75.